The molecule has 0 unspecified atom stereocenters. The summed E-state index contributed by atoms with van der Waals surface area (Å²) >= 11 is 5.70. The number of amides is 1. The number of halogens is 1. The number of pyridine rings is 1. The summed E-state index contributed by atoms with van der Waals surface area (Å²) in [6.45, 7) is 3.20. The molecule has 2 heterocycles. The Hall–Kier alpha value is -1.62. The first-order valence-corrected chi connectivity index (χ1v) is 7.07. The van der Waals surface area contributed by atoms with Crippen molar-refractivity contribution in [2.75, 3.05) is 19.7 Å². The highest BCUT2D eigenvalue weighted by Gasteiger charge is 2.29. The van der Waals surface area contributed by atoms with Crippen LogP contribution in [0.2, 0.25) is 5.15 Å². The van der Waals surface area contributed by atoms with Gasteiger partial charge in [0.1, 0.15) is 5.15 Å². The smallest absolute Gasteiger partial charge is 0.310 e. The largest absolute Gasteiger partial charge is 0.466 e. The van der Waals surface area contributed by atoms with Crippen molar-refractivity contribution in [3.63, 3.8) is 0 Å². The number of piperidine rings is 1. The van der Waals surface area contributed by atoms with Crippen LogP contribution in [0, 0.1) is 5.92 Å². The van der Waals surface area contributed by atoms with Crippen LogP contribution in [0.1, 0.15) is 30.1 Å². The average molecular weight is 297 g/mol. The molecule has 1 fully saturated rings. The van der Waals surface area contributed by atoms with Gasteiger partial charge in [-0.25, -0.2) is 4.98 Å². The molecule has 20 heavy (non-hydrogen) atoms. The van der Waals surface area contributed by atoms with Gasteiger partial charge in [-0.05, 0) is 31.9 Å². The van der Waals surface area contributed by atoms with Gasteiger partial charge in [0.25, 0.3) is 5.91 Å². The lowest BCUT2D eigenvalue weighted by atomic mass is 9.97. The van der Waals surface area contributed by atoms with E-state index in [1.54, 1.807) is 24.0 Å². The molecule has 0 saturated carbocycles. The zero-order chi connectivity index (χ0) is 14.5. The van der Waals surface area contributed by atoms with Crippen molar-refractivity contribution >= 4 is 23.5 Å². The van der Waals surface area contributed by atoms with E-state index in [0.29, 0.717) is 30.4 Å². The molecular formula is C14H17ClN2O3. The molecule has 1 atom stereocenters. The standard InChI is InChI=1S/C14H17ClN2O3/c1-2-20-14(19)11-4-3-7-17(9-11)13(18)10-5-6-12(15)16-8-10/h5-6,8,11H,2-4,7,9H2,1H3/t11-/m1/s1. The zero-order valence-electron chi connectivity index (χ0n) is 11.3. The Bertz CT molecular complexity index is 490. The minimum atomic E-state index is -0.229. The van der Waals surface area contributed by atoms with Gasteiger partial charge < -0.3 is 9.64 Å². The Labute approximate surface area is 122 Å². The second-order valence-corrected chi connectivity index (χ2v) is 5.10. The molecule has 2 rings (SSSR count). The second kappa shape index (κ2) is 6.70. The number of aromatic nitrogens is 1. The van der Waals surface area contributed by atoms with Gasteiger partial charge in [0.05, 0.1) is 18.1 Å². The third-order valence-electron chi connectivity index (χ3n) is 3.30. The summed E-state index contributed by atoms with van der Waals surface area (Å²) < 4.78 is 5.02. The Morgan fingerprint density at radius 1 is 1.50 bits per heavy atom. The van der Waals surface area contributed by atoms with E-state index >= 15 is 0 Å². The molecule has 1 aliphatic rings. The van der Waals surface area contributed by atoms with E-state index in [4.69, 9.17) is 16.3 Å². The molecule has 0 spiro atoms. The predicted molar refractivity (Wildman–Crippen MR) is 74.5 cm³/mol. The summed E-state index contributed by atoms with van der Waals surface area (Å²) in [6, 6.07) is 3.23. The highest BCUT2D eigenvalue weighted by Crippen LogP contribution is 2.20. The Morgan fingerprint density at radius 3 is 2.95 bits per heavy atom. The third kappa shape index (κ3) is 3.48. The van der Waals surface area contributed by atoms with Gasteiger partial charge in [0, 0.05) is 19.3 Å². The third-order valence-corrected chi connectivity index (χ3v) is 3.53. The molecule has 6 heteroatoms. The van der Waals surface area contributed by atoms with Crippen molar-refractivity contribution < 1.29 is 14.3 Å². The number of carbonyl (C=O) groups excluding carboxylic acids is 2. The van der Waals surface area contributed by atoms with Crippen LogP contribution >= 0.6 is 11.6 Å². The van der Waals surface area contributed by atoms with Gasteiger partial charge in [-0.1, -0.05) is 11.6 Å². The van der Waals surface area contributed by atoms with E-state index in [0.717, 1.165) is 12.8 Å². The molecule has 0 radical (unpaired) electrons. The number of rotatable bonds is 3. The van der Waals surface area contributed by atoms with E-state index < -0.39 is 0 Å². The Kier molecular flexibility index (Phi) is 4.95. The van der Waals surface area contributed by atoms with E-state index in [1.807, 2.05) is 0 Å². The fraction of sp³-hybridized carbons (Fsp3) is 0.500. The maximum Gasteiger partial charge on any atom is 0.310 e. The molecule has 1 aliphatic heterocycles. The lowest BCUT2D eigenvalue weighted by Gasteiger charge is -2.31. The van der Waals surface area contributed by atoms with Crippen molar-refractivity contribution in [3.05, 3.63) is 29.0 Å². The quantitative estimate of drug-likeness (QED) is 0.633. The lowest BCUT2D eigenvalue weighted by Crippen LogP contribution is -2.42. The molecule has 5 nitrogen and oxygen atoms in total. The predicted octanol–water partition coefficient (Wildman–Crippen LogP) is 2.15. The second-order valence-electron chi connectivity index (χ2n) is 4.71. The van der Waals surface area contributed by atoms with Crippen LogP contribution in [-0.4, -0.2) is 41.5 Å². The summed E-state index contributed by atoms with van der Waals surface area (Å²) in [5.41, 5.74) is 0.485. The Balaban J connectivity index is 2.03. The summed E-state index contributed by atoms with van der Waals surface area (Å²) in [7, 11) is 0. The highest BCUT2D eigenvalue weighted by atomic mass is 35.5. The van der Waals surface area contributed by atoms with E-state index in [1.165, 1.54) is 6.20 Å². The van der Waals surface area contributed by atoms with Gasteiger partial charge in [-0.3, -0.25) is 9.59 Å². The summed E-state index contributed by atoms with van der Waals surface area (Å²) in [5.74, 6) is -0.574. The van der Waals surface area contributed by atoms with Crippen LogP contribution in [0.5, 0.6) is 0 Å². The molecule has 1 amide bonds. The zero-order valence-corrected chi connectivity index (χ0v) is 12.1. The minimum absolute atomic E-state index is 0.122. The van der Waals surface area contributed by atoms with E-state index in [2.05, 4.69) is 4.98 Å². The highest BCUT2D eigenvalue weighted by molar-refractivity contribution is 6.29. The van der Waals surface area contributed by atoms with Crippen LogP contribution in [0.15, 0.2) is 18.3 Å². The molecule has 1 saturated heterocycles. The van der Waals surface area contributed by atoms with Gasteiger partial charge in [0.2, 0.25) is 0 Å². The molecular weight excluding hydrogens is 280 g/mol. The van der Waals surface area contributed by atoms with Crippen molar-refractivity contribution in [2.24, 2.45) is 5.92 Å². The first-order valence-electron chi connectivity index (χ1n) is 6.69. The molecule has 0 bridgehead atoms. The Morgan fingerprint density at radius 2 is 2.30 bits per heavy atom. The van der Waals surface area contributed by atoms with Crippen LogP contribution in [0.3, 0.4) is 0 Å². The van der Waals surface area contributed by atoms with Gasteiger partial charge in [-0.2, -0.15) is 0 Å². The normalized spacial score (nSPS) is 18.7. The van der Waals surface area contributed by atoms with Crippen molar-refractivity contribution in [3.8, 4) is 0 Å². The van der Waals surface area contributed by atoms with Gasteiger partial charge in [0.15, 0.2) is 0 Å². The summed E-state index contributed by atoms with van der Waals surface area (Å²) in [5, 5.41) is 0.351. The maximum absolute atomic E-state index is 12.3. The van der Waals surface area contributed by atoms with E-state index in [9.17, 15) is 9.59 Å². The van der Waals surface area contributed by atoms with Crippen molar-refractivity contribution in [1.82, 2.24) is 9.88 Å². The number of hydrogen-bond donors (Lipinski definition) is 0. The minimum Gasteiger partial charge on any atom is -0.466 e. The van der Waals surface area contributed by atoms with Crippen molar-refractivity contribution in [1.29, 1.82) is 0 Å². The molecule has 0 aliphatic carbocycles. The number of esters is 1. The van der Waals surface area contributed by atoms with Crippen LogP contribution in [-0.2, 0) is 9.53 Å². The number of nitrogens with zero attached hydrogens (tertiary/aromatic N) is 2. The molecule has 0 N–H and O–H groups in total. The first-order chi connectivity index (χ1) is 9.61. The number of likely N-dealkylation sites (tertiary alicyclic amines) is 1. The number of carbonyl (C=O) groups is 2. The number of ether oxygens (including phenoxy) is 1. The summed E-state index contributed by atoms with van der Waals surface area (Å²) in [6.07, 6.45) is 3.02. The molecule has 0 aromatic carbocycles. The van der Waals surface area contributed by atoms with Crippen LogP contribution in [0.25, 0.3) is 0 Å². The SMILES string of the molecule is CCOC(=O)[C@@H]1CCCN(C(=O)c2ccc(Cl)nc2)C1. The topological polar surface area (TPSA) is 59.5 Å². The molecule has 1 aromatic heterocycles. The maximum atomic E-state index is 12.3. The average Bonchev–Trinajstić information content (AvgIpc) is 2.48. The van der Waals surface area contributed by atoms with Crippen molar-refractivity contribution in [2.45, 2.75) is 19.8 Å². The van der Waals surface area contributed by atoms with Crippen LogP contribution < -0.4 is 0 Å². The lowest BCUT2D eigenvalue weighted by molar-refractivity contribution is -0.149. The number of hydrogen-bond acceptors (Lipinski definition) is 4. The fourth-order valence-electron chi connectivity index (χ4n) is 2.30. The monoisotopic (exact) mass is 296 g/mol. The molecule has 108 valence electrons. The van der Waals surface area contributed by atoms with Gasteiger partial charge >= 0.3 is 5.97 Å². The molecule has 1 aromatic rings. The summed E-state index contributed by atoms with van der Waals surface area (Å²) in [4.78, 5) is 29.7. The fourth-order valence-corrected chi connectivity index (χ4v) is 2.41. The van der Waals surface area contributed by atoms with Crippen LogP contribution in [0.4, 0.5) is 0 Å². The first kappa shape index (κ1) is 14.8. The van der Waals surface area contributed by atoms with Gasteiger partial charge in [-0.15, -0.1) is 0 Å². The van der Waals surface area contributed by atoms with E-state index in [-0.39, 0.29) is 17.8 Å².